The molecule has 1 N–H and O–H groups in total. The van der Waals surface area contributed by atoms with Crippen LogP contribution in [-0.2, 0) is 9.59 Å². The fourth-order valence-electron chi connectivity index (χ4n) is 2.37. The Balaban J connectivity index is 2.23. The number of hydrogen-bond donors (Lipinski definition) is 1. The van der Waals surface area contributed by atoms with Crippen LogP contribution in [0.5, 0.6) is 0 Å². The molecular weight excluding hydrogens is 240 g/mol. The van der Waals surface area contributed by atoms with Crippen molar-refractivity contribution in [1.82, 2.24) is 10.2 Å². The SMILES string of the molecule is CCCCCCCCCN1C(=O)CNC(C)(C)C1=O. The molecule has 0 aromatic rings. The third-order valence-electron chi connectivity index (χ3n) is 3.75. The first kappa shape index (κ1) is 16.2. The number of unbranched alkanes of at least 4 members (excludes halogenated alkanes) is 6. The van der Waals surface area contributed by atoms with Crippen molar-refractivity contribution in [2.75, 3.05) is 13.1 Å². The lowest BCUT2D eigenvalue weighted by atomic mass is 10.00. The van der Waals surface area contributed by atoms with Gasteiger partial charge in [0.25, 0.3) is 0 Å². The topological polar surface area (TPSA) is 49.4 Å². The van der Waals surface area contributed by atoms with E-state index in [1.54, 1.807) is 0 Å². The van der Waals surface area contributed by atoms with E-state index in [2.05, 4.69) is 12.2 Å². The van der Waals surface area contributed by atoms with Crippen LogP contribution in [0.25, 0.3) is 0 Å². The molecule has 1 heterocycles. The van der Waals surface area contributed by atoms with E-state index in [0.717, 1.165) is 12.8 Å². The van der Waals surface area contributed by atoms with Crippen molar-refractivity contribution in [3.8, 4) is 0 Å². The van der Waals surface area contributed by atoms with Crippen molar-refractivity contribution in [2.45, 2.75) is 71.3 Å². The average Bonchev–Trinajstić information content (AvgIpc) is 2.37. The Morgan fingerprint density at radius 1 is 1.05 bits per heavy atom. The third-order valence-corrected chi connectivity index (χ3v) is 3.75. The van der Waals surface area contributed by atoms with Crippen LogP contribution in [0.3, 0.4) is 0 Å². The fraction of sp³-hybridized carbons (Fsp3) is 0.867. The molecule has 1 rings (SSSR count). The Hall–Kier alpha value is -0.900. The van der Waals surface area contributed by atoms with Crippen molar-refractivity contribution in [3.63, 3.8) is 0 Å². The van der Waals surface area contributed by atoms with Crippen LogP contribution in [0.15, 0.2) is 0 Å². The van der Waals surface area contributed by atoms with Gasteiger partial charge in [0, 0.05) is 6.54 Å². The second kappa shape index (κ2) is 7.63. The maximum Gasteiger partial charge on any atom is 0.248 e. The van der Waals surface area contributed by atoms with Crippen LogP contribution in [0, 0.1) is 0 Å². The summed E-state index contributed by atoms with van der Waals surface area (Å²) in [5.74, 6) is -0.176. The first-order chi connectivity index (χ1) is 8.99. The maximum atomic E-state index is 12.1. The van der Waals surface area contributed by atoms with E-state index in [0.29, 0.717) is 6.54 Å². The van der Waals surface area contributed by atoms with Gasteiger partial charge in [0.15, 0.2) is 0 Å². The van der Waals surface area contributed by atoms with Gasteiger partial charge in [-0.3, -0.25) is 19.8 Å². The molecule has 1 saturated heterocycles. The van der Waals surface area contributed by atoms with E-state index in [9.17, 15) is 9.59 Å². The smallest absolute Gasteiger partial charge is 0.248 e. The Kier molecular flexibility index (Phi) is 6.49. The number of amides is 2. The largest absolute Gasteiger partial charge is 0.295 e. The van der Waals surface area contributed by atoms with Gasteiger partial charge in [0.1, 0.15) is 0 Å². The van der Waals surface area contributed by atoms with E-state index in [1.165, 1.54) is 37.0 Å². The summed E-state index contributed by atoms with van der Waals surface area (Å²) in [6, 6.07) is 0. The molecule has 0 unspecified atom stereocenters. The summed E-state index contributed by atoms with van der Waals surface area (Å²) in [6.45, 7) is 6.73. The Bertz CT molecular complexity index is 313. The van der Waals surface area contributed by atoms with Crippen molar-refractivity contribution in [1.29, 1.82) is 0 Å². The molecule has 1 fully saturated rings. The van der Waals surface area contributed by atoms with Crippen molar-refractivity contribution in [3.05, 3.63) is 0 Å². The maximum absolute atomic E-state index is 12.1. The molecule has 0 radical (unpaired) electrons. The molecular formula is C15H28N2O2. The molecule has 0 aliphatic carbocycles. The van der Waals surface area contributed by atoms with Crippen LogP contribution in [0.1, 0.15) is 65.7 Å². The summed E-state index contributed by atoms with van der Waals surface area (Å²) < 4.78 is 0. The monoisotopic (exact) mass is 268 g/mol. The molecule has 110 valence electrons. The van der Waals surface area contributed by atoms with Crippen LogP contribution >= 0.6 is 0 Å². The summed E-state index contributed by atoms with van der Waals surface area (Å²) >= 11 is 0. The second-order valence-electron chi connectivity index (χ2n) is 5.95. The van der Waals surface area contributed by atoms with Crippen molar-refractivity contribution >= 4 is 11.8 Å². The van der Waals surface area contributed by atoms with Gasteiger partial charge in [-0.25, -0.2) is 0 Å². The van der Waals surface area contributed by atoms with Crippen molar-refractivity contribution < 1.29 is 9.59 Å². The number of carbonyl (C=O) groups is 2. The van der Waals surface area contributed by atoms with Crippen LogP contribution < -0.4 is 5.32 Å². The van der Waals surface area contributed by atoms with E-state index in [1.807, 2.05) is 13.8 Å². The molecule has 2 amide bonds. The highest BCUT2D eigenvalue weighted by molar-refractivity contribution is 6.02. The minimum Gasteiger partial charge on any atom is -0.295 e. The number of nitrogens with one attached hydrogen (secondary N) is 1. The third kappa shape index (κ3) is 4.94. The van der Waals surface area contributed by atoms with Crippen LogP contribution in [0.4, 0.5) is 0 Å². The number of imide groups is 1. The molecule has 0 atom stereocenters. The Morgan fingerprint density at radius 3 is 2.26 bits per heavy atom. The number of carbonyl (C=O) groups excluding carboxylic acids is 2. The van der Waals surface area contributed by atoms with Gasteiger partial charge >= 0.3 is 0 Å². The average molecular weight is 268 g/mol. The highest BCUT2D eigenvalue weighted by Gasteiger charge is 2.39. The van der Waals surface area contributed by atoms with Crippen LogP contribution in [-0.4, -0.2) is 35.3 Å². The highest BCUT2D eigenvalue weighted by atomic mass is 16.2. The molecule has 0 spiro atoms. The second-order valence-corrected chi connectivity index (χ2v) is 5.95. The van der Waals surface area contributed by atoms with E-state index in [-0.39, 0.29) is 18.4 Å². The summed E-state index contributed by atoms with van der Waals surface area (Å²) in [7, 11) is 0. The molecule has 4 nitrogen and oxygen atoms in total. The number of piperazine rings is 1. The van der Waals surface area contributed by atoms with Gasteiger partial charge in [0.05, 0.1) is 12.1 Å². The highest BCUT2D eigenvalue weighted by Crippen LogP contribution is 2.15. The quantitative estimate of drug-likeness (QED) is 0.543. The van der Waals surface area contributed by atoms with Gasteiger partial charge in [0.2, 0.25) is 11.8 Å². The molecule has 1 aliphatic heterocycles. The molecule has 0 bridgehead atoms. The lowest BCUT2D eigenvalue weighted by Crippen LogP contribution is -2.63. The number of nitrogens with zero attached hydrogens (tertiary/aromatic N) is 1. The molecule has 4 heteroatoms. The van der Waals surface area contributed by atoms with E-state index in [4.69, 9.17) is 0 Å². The van der Waals surface area contributed by atoms with Crippen molar-refractivity contribution in [2.24, 2.45) is 0 Å². The van der Waals surface area contributed by atoms with Gasteiger partial charge in [-0.1, -0.05) is 45.4 Å². The summed E-state index contributed by atoms with van der Waals surface area (Å²) in [5.41, 5.74) is -0.602. The van der Waals surface area contributed by atoms with Crippen LogP contribution in [0.2, 0.25) is 0 Å². The summed E-state index contributed by atoms with van der Waals surface area (Å²) in [4.78, 5) is 25.3. The molecule has 1 aliphatic rings. The fourth-order valence-corrected chi connectivity index (χ4v) is 2.37. The van der Waals surface area contributed by atoms with Gasteiger partial charge in [-0.05, 0) is 20.3 Å². The predicted octanol–water partition coefficient (Wildman–Crippen LogP) is 2.47. The Labute approximate surface area is 116 Å². The molecule has 0 aromatic carbocycles. The van der Waals surface area contributed by atoms with Gasteiger partial charge in [-0.15, -0.1) is 0 Å². The van der Waals surface area contributed by atoms with E-state index < -0.39 is 5.54 Å². The zero-order valence-corrected chi connectivity index (χ0v) is 12.6. The standard InChI is InChI=1S/C15H28N2O2/c1-4-5-6-7-8-9-10-11-17-13(18)12-16-15(2,3)14(17)19/h16H,4-12H2,1-3H3. The molecule has 19 heavy (non-hydrogen) atoms. The lowest BCUT2D eigenvalue weighted by molar-refractivity contribution is -0.152. The lowest BCUT2D eigenvalue weighted by Gasteiger charge is -2.36. The molecule has 0 saturated carbocycles. The molecule has 0 aromatic heterocycles. The summed E-state index contributed by atoms with van der Waals surface area (Å²) in [6.07, 6.45) is 8.38. The van der Waals surface area contributed by atoms with E-state index >= 15 is 0 Å². The Morgan fingerprint density at radius 2 is 1.63 bits per heavy atom. The number of hydrogen-bond acceptors (Lipinski definition) is 3. The first-order valence-corrected chi connectivity index (χ1v) is 7.59. The zero-order chi connectivity index (χ0) is 14.3. The minimum absolute atomic E-state index is 0.0877. The van der Waals surface area contributed by atoms with Gasteiger partial charge < -0.3 is 0 Å². The number of rotatable bonds is 8. The summed E-state index contributed by atoms with van der Waals surface area (Å²) in [5, 5.41) is 2.97. The normalized spacial score (nSPS) is 19.0. The van der Waals surface area contributed by atoms with Gasteiger partial charge in [-0.2, -0.15) is 0 Å². The predicted molar refractivity (Wildman–Crippen MR) is 76.8 cm³/mol. The first-order valence-electron chi connectivity index (χ1n) is 7.59. The zero-order valence-electron chi connectivity index (χ0n) is 12.6. The minimum atomic E-state index is -0.602.